The fourth-order valence-electron chi connectivity index (χ4n) is 1.93. The molecule has 0 saturated heterocycles. The number of nitrogens with two attached hydrogens (primary N) is 1. The number of anilines is 2. The van der Waals surface area contributed by atoms with Crippen molar-refractivity contribution in [1.29, 1.82) is 0 Å². The number of amides is 1. The highest BCUT2D eigenvalue weighted by Crippen LogP contribution is 2.27. The molecule has 0 saturated carbocycles. The van der Waals surface area contributed by atoms with Gasteiger partial charge in [-0.3, -0.25) is 4.79 Å². The molecule has 0 unspecified atom stereocenters. The first-order valence-electron chi connectivity index (χ1n) is 7.05. The topological polar surface area (TPSA) is 55.1 Å². The van der Waals surface area contributed by atoms with E-state index in [1.54, 1.807) is 11.8 Å². The summed E-state index contributed by atoms with van der Waals surface area (Å²) < 4.78 is 0. The Morgan fingerprint density at radius 3 is 2.67 bits per heavy atom. The van der Waals surface area contributed by atoms with E-state index in [9.17, 15) is 4.79 Å². The summed E-state index contributed by atoms with van der Waals surface area (Å²) in [5.41, 5.74) is 8.21. The second-order valence-electron chi connectivity index (χ2n) is 4.81. The minimum Gasteiger partial charge on any atom is -0.397 e. The lowest BCUT2D eigenvalue weighted by Crippen LogP contribution is -2.15. The van der Waals surface area contributed by atoms with Crippen molar-refractivity contribution in [2.24, 2.45) is 0 Å². The molecule has 0 bridgehead atoms. The number of carbonyl (C=O) groups is 1. The Balaban J connectivity index is 2.02. The molecule has 0 aromatic heterocycles. The molecule has 2 aromatic carbocycles. The van der Waals surface area contributed by atoms with Crippen LogP contribution < -0.4 is 11.1 Å². The Morgan fingerprint density at radius 1 is 1.19 bits per heavy atom. The largest absolute Gasteiger partial charge is 0.397 e. The van der Waals surface area contributed by atoms with E-state index in [1.807, 2.05) is 48.5 Å². The average Bonchev–Trinajstić information content (AvgIpc) is 2.49. The molecule has 0 heterocycles. The molecule has 2 aromatic rings. The number of hydrogen-bond donors (Lipinski definition) is 2. The molecule has 2 rings (SSSR count). The molecule has 3 N–H and O–H groups in total. The third-order valence-electron chi connectivity index (χ3n) is 2.98. The van der Waals surface area contributed by atoms with Crippen LogP contribution in [0, 0.1) is 0 Å². The number of nitrogen functional groups attached to an aromatic ring is 1. The number of rotatable bonds is 6. The monoisotopic (exact) mass is 300 g/mol. The Labute approximate surface area is 129 Å². The van der Waals surface area contributed by atoms with Gasteiger partial charge in [0.25, 0.3) is 0 Å². The summed E-state index contributed by atoms with van der Waals surface area (Å²) >= 11 is 1.77. The minimum atomic E-state index is -0.0504. The van der Waals surface area contributed by atoms with E-state index in [0.29, 0.717) is 17.8 Å². The van der Waals surface area contributed by atoms with Crippen molar-refractivity contribution in [1.82, 2.24) is 0 Å². The van der Waals surface area contributed by atoms with Crippen molar-refractivity contribution in [3.8, 4) is 0 Å². The number of hydrogen-bond acceptors (Lipinski definition) is 3. The maximum atomic E-state index is 12.1. The summed E-state index contributed by atoms with van der Waals surface area (Å²) in [6.45, 7) is 2.15. The van der Waals surface area contributed by atoms with Gasteiger partial charge in [0.05, 0.1) is 17.8 Å². The van der Waals surface area contributed by atoms with E-state index in [4.69, 9.17) is 5.73 Å². The van der Waals surface area contributed by atoms with Gasteiger partial charge in [-0.25, -0.2) is 0 Å². The molecule has 110 valence electrons. The zero-order chi connectivity index (χ0) is 15.1. The number of thioether (sulfide) groups is 1. The van der Waals surface area contributed by atoms with Crippen LogP contribution in [0.5, 0.6) is 0 Å². The van der Waals surface area contributed by atoms with Crippen LogP contribution in [0.2, 0.25) is 0 Å². The van der Waals surface area contributed by atoms with Crippen molar-refractivity contribution in [3.05, 3.63) is 54.1 Å². The average molecular weight is 300 g/mol. The number of nitrogens with one attached hydrogen (secondary N) is 1. The lowest BCUT2D eigenvalue weighted by Gasteiger charge is -2.10. The molecule has 0 aliphatic heterocycles. The van der Waals surface area contributed by atoms with Crippen LogP contribution in [0.3, 0.4) is 0 Å². The van der Waals surface area contributed by atoms with Gasteiger partial charge in [-0.15, -0.1) is 11.8 Å². The fraction of sp³-hybridized carbons (Fsp3) is 0.235. The van der Waals surface area contributed by atoms with Gasteiger partial charge in [0.1, 0.15) is 0 Å². The summed E-state index contributed by atoms with van der Waals surface area (Å²) in [5, 5.41) is 2.90. The first-order chi connectivity index (χ1) is 10.2. The summed E-state index contributed by atoms with van der Waals surface area (Å²) in [5.74, 6) is 1.01. The van der Waals surface area contributed by atoms with Crippen molar-refractivity contribution in [2.45, 2.75) is 24.7 Å². The Morgan fingerprint density at radius 2 is 1.95 bits per heavy atom. The van der Waals surface area contributed by atoms with Gasteiger partial charge >= 0.3 is 0 Å². The Hall–Kier alpha value is -1.94. The van der Waals surface area contributed by atoms with E-state index >= 15 is 0 Å². The third-order valence-corrected chi connectivity index (χ3v) is 4.18. The molecule has 0 fully saturated rings. The van der Waals surface area contributed by atoms with Gasteiger partial charge in [-0.2, -0.15) is 0 Å². The molecule has 1 amide bonds. The first-order valence-corrected chi connectivity index (χ1v) is 8.03. The number of benzene rings is 2. The molecule has 0 aliphatic rings. The standard InChI is InChI=1S/C17H20N2OS/c1-2-10-21-14-8-9-15(18)16(12-14)19-17(20)11-13-6-4-3-5-7-13/h3-9,12H,2,10-11,18H2,1H3,(H,19,20). The quantitative estimate of drug-likeness (QED) is 0.627. The summed E-state index contributed by atoms with van der Waals surface area (Å²) in [7, 11) is 0. The predicted octanol–water partition coefficient (Wildman–Crippen LogP) is 3.95. The molecule has 21 heavy (non-hydrogen) atoms. The van der Waals surface area contributed by atoms with Gasteiger partial charge in [-0.05, 0) is 35.9 Å². The van der Waals surface area contributed by atoms with Gasteiger partial charge in [0.15, 0.2) is 0 Å². The summed E-state index contributed by atoms with van der Waals surface area (Å²) in [6, 6.07) is 15.5. The van der Waals surface area contributed by atoms with Crippen LogP contribution in [0.25, 0.3) is 0 Å². The van der Waals surface area contributed by atoms with Crippen molar-refractivity contribution < 1.29 is 4.79 Å². The second-order valence-corrected chi connectivity index (χ2v) is 5.98. The van der Waals surface area contributed by atoms with E-state index < -0.39 is 0 Å². The number of carbonyl (C=O) groups excluding carboxylic acids is 1. The van der Waals surface area contributed by atoms with Crippen LogP contribution in [-0.2, 0) is 11.2 Å². The Kier molecular flexibility index (Phi) is 5.69. The maximum absolute atomic E-state index is 12.1. The molecule has 4 heteroatoms. The second kappa shape index (κ2) is 7.74. The van der Waals surface area contributed by atoms with Gasteiger partial charge < -0.3 is 11.1 Å². The molecule has 0 radical (unpaired) electrons. The van der Waals surface area contributed by atoms with Crippen LogP contribution in [0.4, 0.5) is 11.4 Å². The fourth-order valence-corrected chi connectivity index (χ4v) is 2.73. The Bertz CT molecular complexity index is 599. The van der Waals surface area contributed by atoms with Gasteiger partial charge in [-0.1, -0.05) is 37.3 Å². The molecule has 3 nitrogen and oxygen atoms in total. The normalized spacial score (nSPS) is 10.3. The lowest BCUT2D eigenvalue weighted by atomic mass is 10.1. The van der Waals surface area contributed by atoms with Crippen LogP contribution in [-0.4, -0.2) is 11.7 Å². The van der Waals surface area contributed by atoms with Crippen LogP contribution >= 0.6 is 11.8 Å². The summed E-state index contributed by atoms with van der Waals surface area (Å²) in [6.07, 6.45) is 1.47. The zero-order valence-electron chi connectivity index (χ0n) is 12.1. The zero-order valence-corrected chi connectivity index (χ0v) is 13.0. The highest BCUT2D eigenvalue weighted by Gasteiger charge is 2.07. The van der Waals surface area contributed by atoms with Crippen molar-refractivity contribution in [3.63, 3.8) is 0 Å². The van der Waals surface area contributed by atoms with E-state index in [2.05, 4.69) is 12.2 Å². The highest BCUT2D eigenvalue weighted by molar-refractivity contribution is 7.99. The van der Waals surface area contributed by atoms with E-state index in [0.717, 1.165) is 22.6 Å². The SMILES string of the molecule is CCCSc1ccc(N)c(NC(=O)Cc2ccccc2)c1. The molecule has 0 aliphatic carbocycles. The van der Waals surface area contributed by atoms with Crippen LogP contribution in [0.15, 0.2) is 53.4 Å². The third kappa shape index (κ3) is 4.83. The lowest BCUT2D eigenvalue weighted by molar-refractivity contribution is -0.115. The van der Waals surface area contributed by atoms with E-state index in [1.165, 1.54) is 0 Å². The predicted molar refractivity (Wildman–Crippen MR) is 90.6 cm³/mol. The molecular formula is C17H20N2OS. The molecular weight excluding hydrogens is 280 g/mol. The molecule has 0 atom stereocenters. The smallest absolute Gasteiger partial charge is 0.228 e. The van der Waals surface area contributed by atoms with Crippen molar-refractivity contribution >= 4 is 29.0 Å². The highest BCUT2D eigenvalue weighted by atomic mass is 32.2. The van der Waals surface area contributed by atoms with Crippen molar-refractivity contribution in [2.75, 3.05) is 16.8 Å². The van der Waals surface area contributed by atoms with Gasteiger partial charge in [0.2, 0.25) is 5.91 Å². The molecule has 0 spiro atoms. The first kappa shape index (κ1) is 15.4. The van der Waals surface area contributed by atoms with E-state index in [-0.39, 0.29) is 5.91 Å². The minimum absolute atomic E-state index is 0.0504. The van der Waals surface area contributed by atoms with Crippen LogP contribution in [0.1, 0.15) is 18.9 Å². The summed E-state index contributed by atoms with van der Waals surface area (Å²) in [4.78, 5) is 13.2. The maximum Gasteiger partial charge on any atom is 0.228 e. The van der Waals surface area contributed by atoms with Gasteiger partial charge in [0, 0.05) is 4.90 Å².